The fourth-order valence-electron chi connectivity index (χ4n) is 2.63. The van der Waals surface area contributed by atoms with Gasteiger partial charge in [0.05, 0.1) is 25.0 Å². The van der Waals surface area contributed by atoms with Crippen LogP contribution in [0.15, 0.2) is 70.4 Å². The maximum absolute atomic E-state index is 12.7. The third kappa shape index (κ3) is 5.10. The Bertz CT molecular complexity index is 1220. The molecule has 3 rings (SSSR count). The second kappa shape index (κ2) is 9.43. The van der Waals surface area contributed by atoms with E-state index in [0.717, 1.165) is 10.7 Å². The molecule has 0 bridgehead atoms. The molecule has 9 nitrogen and oxygen atoms in total. The van der Waals surface area contributed by atoms with E-state index in [9.17, 15) is 18.0 Å². The zero-order valence-electron chi connectivity index (χ0n) is 16.8. The van der Waals surface area contributed by atoms with Gasteiger partial charge in [-0.25, -0.2) is 4.79 Å². The van der Waals surface area contributed by atoms with Crippen molar-refractivity contribution in [1.82, 2.24) is 9.78 Å². The highest BCUT2D eigenvalue weighted by atomic mass is 32.2. The zero-order valence-corrected chi connectivity index (χ0v) is 17.7. The van der Waals surface area contributed by atoms with Gasteiger partial charge in [0.25, 0.3) is 5.56 Å². The van der Waals surface area contributed by atoms with Crippen LogP contribution in [0.5, 0.6) is 11.5 Å². The Kier molecular flexibility index (Phi) is 6.71. The highest BCUT2D eigenvalue weighted by Gasteiger charge is 2.25. The Hall–Kier alpha value is -3.66. The molecule has 0 saturated carbocycles. The van der Waals surface area contributed by atoms with Gasteiger partial charge in [-0.3, -0.25) is 4.79 Å². The number of ether oxygens (including phenoxy) is 2. The number of hydrogen-bond donors (Lipinski definition) is 0. The number of carbonyl (C=O) groups excluding carboxylic acids is 1. The van der Waals surface area contributed by atoms with Crippen molar-refractivity contribution < 1.29 is 26.9 Å². The van der Waals surface area contributed by atoms with Gasteiger partial charge >= 0.3 is 16.1 Å². The van der Waals surface area contributed by atoms with Crippen LogP contribution < -0.4 is 14.5 Å². The molecule has 0 aliphatic rings. The fourth-order valence-corrected chi connectivity index (χ4v) is 3.56. The van der Waals surface area contributed by atoms with Crippen LogP contribution in [0.1, 0.15) is 24.3 Å². The summed E-state index contributed by atoms with van der Waals surface area (Å²) in [5.41, 5.74) is -0.741. The summed E-state index contributed by atoms with van der Waals surface area (Å²) < 4.78 is 41.8. The van der Waals surface area contributed by atoms with E-state index in [1.807, 2.05) is 0 Å². The Morgan fingerprint density at radius 2 is 1.68 bits per heavy atom. The molecule has 0 N–H and O–H groups in total. The second-order valence-electron chi connectivity index (χ2n) is 6.11. The van der Waals surface area contributed by atoms with Crippen molar-refractivity contribution in [3.05, 3.63) is 76.7 Å². The minimum Gasteiger partial charge on any atom is -0.494 e. The topological polar surface area (TPSA) is 114 Å². The number of esters is 1. The van der Waals surface area contributed by atoms with E-state index in [1.165, 1.54) is 24.3 Å². The first-order chi connectivity index (χ1) is 14.9. The van der Waals surface area contributed by atoms with Gasteiger partial charge < -0.3 is 13.7 Å². The molecule has 3 aromatic rings. The SMILES string of the molecule is CCOC(=O)c1nn(-c2ccccc2)c(=O)cc1OS(=O)(=O)c1ccc(OCC)cc1. The molecule has 2 aromatic carbocycles. The first-order valence-electron chi connectivity index (χ1n) is 9.40. The molecule has 0 atom stereocenters. The van der Waals surface area contributed by atoms with Gasteiger partial charge in [0.1, 0.15) is 10.6 Å². The van der Waals surface area contributed by atoms with Crippen molar-refractivity contribution in [2.24, 2.45) is 0 Å². The molecular weight excluding hydrogens is 424 g/mol. The highest BCUT2D eigenvalue weighted by Crippen LogP contribution is 2.23. The molecular formula is C21H20N2O7S. The van der Waals surface area contributed by atoms with E-state index in [-0.39, 0.29) is 11.5 Å². The number of carbonyl (C=O) groups is 1. The summed E-state index contributed by atoms with van der Waals surface area (Å²) in [6, 6.07) is 14.8. The summed E-state index contributed by atoms with van der Waals surface area (Å²) >= 11 is 0. The number of hydrogen-bond acceptors (Lipinski definition) is 8. The van der Waals surface area contributed by atoms with Crippen LogP contribution in [0, 0.1) is 0 Å². The molecule has 162 valence electrons. The minimum absolute atomic E-state index is 0.0239. The number of rotatable bonds is 8. The van der Waals surface area contributed by atoms with Gasteiger partial charge in [-0.1, -0.05) is 18.2 Å². The predicted octanol–water partition coefficient (Wildman–Crippen LogP) is 2.58. The van der Waals surface area contributed by atoms with E-state index >= 15 is 0 Å². The van der Waals surface area contributed by atoms with E-state index in [4.69, 9.17) is 13.7 Å². The molecule has 0 aliphatic heterocycles. The quantitative estimate of drug-likeness (QED) is 0.385. The lowest BCUT2D eigenvalue weighted by atomic mass is 10.3. The van der Waals surface area contributed by atoms with E-state index in [1.54, 1.807) is 44.2 Å². The molecule has 0 spiro atoms. The van der Waals surface area contributed by atoms with Crippen molar-refractivity contribution in [2.45, 2.75) is 18.7 Å². The third-order valence-corrected chi connectivity index (χ3v) is 5.24. The number of benzene rings is 2. The summed E-state index contributed by atoms with van der Waals surface area (Å²) in [5, 5.41) is 4.00. The predicted molar refractivity (Wildman–Crippen MR) is 111 cm³/mol. The van der Waals surface area contributed by atoms with Gasteiger partial charge in [0, 0.05) is 0 Å². The molecule has 1 heterocycles. The first kappa shape index (κ1) is 22.0. The standard InChI is InChI=1S/C21H20N2O7S/c1-3-28-16-10-12-17(13-11-16)31(26,27)30-18-14-19(24)23(15-8-6-5-7-9-15)22-20(18)21(25)29-4-2/h5-14H,3-4H2,1-2H3. The summed E-state index contributed by atoms with van der Waals surface area (Å²) in [6.45, 7) is 3.84. The van der Waals surface area contributed by atoms with Crippen LogP contribution in [0.2, 0.25) is 0 Å². The van der Waals surface area contributed by atoms with E-state index in [2.05, 4.69) is 5.10 Å². The number of aromatic nitrogens is 2. The minimum atomic E-state index is -4.36. The zero-order chi connectivity index (χ0) is 22.4. The highest BCUT2D eigenvalue weighted by molar-refractivity contribution is 7.87. The van der Waals surface area contributed by atoms with Crippen molar-refractivity contribution >= 4 is 16.1 Å². The van der Waals surface area contributed by atoms with Gasteiger partial charge in [0.15, 0.2) is 5.75 Å². The van der Waals surface area contributed by atoms with E-state index in [0.29, 0.717) is 18.0 Å². The Balaban J connectivity index is 2.04. The average molecular weight is 444 g/mol. The summed E-state index contributed by atoms with van der Waals surface area (Å²) in [7, 11) is -4.36. The van der Waals surface area contributed by atoms with Crippen molar-refractivity contribution in [2.75, 3.05) is 13.2 Å². The van der Waals surface area contributed by atoms with Crippen LogP contribution in [-0.2, 0) is 14.9 Å². The molecule has 1 aromatic heterocycles. The monoisotopic (exact) mass is 444 g/mol. The molecule has 0 amide bonds. The lowest BCUT2D eigenvalue weighted by Crippen LogP contribution is -2.26. The summed E-state index contributed by atoms with van der Waals surface area (Å²) in [5.74, 6) is -0.964. The van der Waals surface area contributed by atoms with Crippen LogP contribution in [-0.4, -0.2) is 37.4 Å². The van der Waals surface area contributed by atoms with Crippen LogP contribution in [0.3, 0.4) is 0 Å². The molecule has 0 fully saturated rings. The Morgan fingerprint density at radius 3 is 2.29 bits per heavy atom. The average Bonchev–Trinajstić information content (AvgIpc) is 2.75. The fraction of sp³-hybridized carbons (Fsp3) is 0.190. The Labute approximate surface area is 178 Å². The number of para-hydroxylation sites is 1. The van der Waals surface area contributed by atoms with Gasteiger partial charge in [-0.15, -0.1) is 0 Å². The smallest absolute Gasteiger partial charge is 0.362 e. The normalized spacial score (nSPS) is 11.0. The van der Waals surface area contributed by atoms with Crippen molar-refractivity contribution in [3.63, 3.8) is 0 Å². The lowest BCUT2D eigenvalue weighted by Gasteiger charge is -2.12. The lowest BCUT2D eigenvalue weighted by molar-refractivity contribution is 0.0515. The third-order valence-electron chi connectivity index (χ3n) is 3.99. The number of nitrogens with zero attached hydrogens (tertiary/aromatic N) is 2. The maximum Gasteiger partial charge on any atom is 0.362 e. The largest absolute Gasteiger partial charge is 0.494 e. The van der Waals surface area contributed by atoms with Crippen molar-refractivity contribution in [3.8, 4) is 17.2 Å². The van der Waals surface area contributed by atoms with Crippen LogP contribution in [0.25, 0.3) is 5.69 Å². The molecule has 0 aliphatic carbocycles. The van der Waals surface area contributed by atoms with E-state index < -0.39 is 33.1 Å². The van der Waals surface area contributed by atoms with Gasteiger partial charge in [0.2, 0.25) is 5.69 Å². The molecule has 0 radical (unpaired) electrons. The Morgan fingerprint density at radius 1 is 1.00 bits per heavy atom. The summed E-state index contributed by atoms with van der Waals surface area (Å²) in [4.78, 5) is 24.8. The maximum atomic E-state index is 12.7. The van der Waals surface area contributed by atoms with Crippen LogP contribution >= 0.6 is 0 Å². The van der Waals surface area contributed by atoms with Gasteiger partial charge in [-0.05, 0) is 50.2 Å². The first-order valence-corrected chi connectivity index (χ1v) is 10.8. The summed E-state index contributed by atoms with van der Waals surface area (Å²) in [6.07, 6.45) is 0. The van der Waals surface area contributed by atoms with Crippen molar-refractivity contribution in [1.29, 1.82) is 0 Å². The van der Waals surface area contributed by atoms with Gasteiger partial charge in [-0.2, -0.15) is 18.2 Å². The molecule has 0 unspecified atom stereocenters. The molecule has 0 saturated heterocycles. The van der Waals surface area contributed by atoms with Crippen LogP contribution in [0.4, 0.5) is 0 Å². The molecule has 31 heavy (non-hydrogen) atoms. The molecule has 10 heteroatoms. The second-order valence-corrected chi connectivity index (χ2v) is 7.65.